The van der Waals surface area contributed by atoms with Crippen LogP contribution in [0.1, 0.15) is 36.7 Å². The maximum absolute atomic E-state index is 5.82. The number of nitrogens with one attached hydrogen (secondary N) is 2. The lowest BCUT2D eigenvalue weighted by atomic mass is 10.2. The first-order chi connectivity index (χ1) is 14.2. The molecule has 3 rings (SSSR count). The van der Waals surface area contributed by atoms with Gasteiger partial charge in [-0.15, -0.1) is 24.0 Å². The zero-order valence-electron chi connectivity index (χ0n) is 18.2. The van der Waals surface area contributed by atoms with Crippen molar-refractivity contribution in [2.24, 2.45) is 4.99 Å². The second-order valence-electron chi connectivity index (χ2n) is 7.30. The monoisotopic (exact) mass is 527 g/mol. The van der Waals surface area contributed by atoms with E-state index in [1.54, 1.807) is 0 Å². The summed E-state index contributed by atoms with van der Waals surface area (Å²) in [6, 6.07) is 10.4. The van der Waals surface area contributed by atoms with E-state index in [-0.39, 0.29) is 30.1 Å². The Morgan fingerprint density at radius 1 is 1.30 bits per heavy atom. The highest BCUT2D eigenvalue weighted by Gasteiger charge is 2.15. The Morgan fingerprint density at radius 2 is 2.13 bits per heavy atom. The number of para-hydroxylation sites is 1. The Hall–Kier alpha value is -1.65. The van der Waals surface area contributed by atoms with Gasteiger partial charge in [-0.05, 0) is 51.3 Å². The number of aryl methyl sites for hydroxylation is 2. The topological polar surface area (TPSA) is 72.7 Å². The lowest BCUT2D eigenvalue weighted by Gasteiger charge is -2.14. The summed E-state index contributed by atoms with van der Waals surface area (Å²) in [6.07, 6.45) is 2.21. The molecule has 1 aliphatic heterocycles. The van der Waals surface area contributed by atoms with Crippen LogP contribution in [0.3, 0.4) is 0 Å². The van der Waals surface area contributed by atoms with Gasteiger partial charge in [-0.3, -0.25) is 0 Å². The van der Waals surface area contributed by atoms with E-state index >= 15 is 0 Å². The van der Waals surface area contributed by atoms with Gasteiger partial charge in [-0.1, -0.05) is 18.2 Å². The third-order valence-corrected chi connectivity index (χ3v) is 4.84. The molecule has 1 aliphatic rings. The normalized spacial score (nSPS) is 16.4. The van der Waals surface area contributed by atoms with E-state index in [0.717, 1.165) is 74.4 Å². The van der Waals surface area contributed by atoms with Crippen LogP contribution in [-0.2, 0) is 16.0 Å². The van der Waals surface area contributed by atoms with Crippen LogP contribution in [0.15, 0.2) is 35.3 Å². The molecule has 1 aromatic heterocycles. The van der Waals surface area contributed by atoms with Crippen molar-refractivity contribution in [1.82, 2.24) is 20.4 Å². The zero-order chi connectivity index (χ0) is 20.5. The largest absolute Gasteiger partial charge is 0.379 e. The molecular weight excluding hydrogens is 493 g/mol. The van der Waals surface area contributed by atoms with E-state index in [2.05, 4.69) is 47.8 Å². The van der Waals surface area contributed by atoms with Gasteiger partial charge in [0.15, 0.2) is 5.96 Å². The SMILES string of the molecule is CCNC(=NCc1ccccc1-n1nc(C)cc1C)NCCCOC1CCOC1.I. The number of aromatic nitrogens is 2. The minimum atomic E-state index is 0. The number of guanidine groups is 1. The molecule has 30 heavy (non-hydrogen) atoms. The number of rotatable bonds is 9. The number of hydrogen-bond acceptors (Lipinski definition) is 4. The lowest BCUT2D eigenvalue weighted by molar-refractivity contribution is 0.0420. The highest BCUT2D eigenvalue weighted by molar-refractivity contribution is 14.0. The van der Waals surface area contributed by atoms with Crippen molar-refractivity contribution < 1.29 is 9.47 Å². The van der Waals surface area contributed by atoms with Crippen LogP contribution in [0.5, 0.6) is 0 Å². The van der Waals surface area contributed by atoms with E-state index < -0.39 is 0 Å². The van der Waals surface area contributed by atoms with Crippen molar-refractivity contribution in [3.8, 4) is 5.69 Å². The van der Waals surface area contributed by atoms with Gasteiger partial charge in [-0.25, -0.2) is 9.67 Å². The summed E-state index contributed by atoms with van der Waals surface area (Å²) in [6.45, 7) is 10.7. The molecular formula is C22H34IN5O2. The van der Waals surface area contributed by atoms with Crippen LogP contribution < -0.4 is 10.6 Å². The Kier molecular flexibility index (Phi) is 10.6. The molecule has 0 aliphatic carbocycles. The van der Waals surface area contributed by atoms with Crippen LogP contribution in [0.2, 0.25) is 0 Å². The second-order valence-corrected chi connectivity index (χ2v) is 7.30. The van der Waals surface area contributed by atoms with Gasteiger partial charge in [0, 0.05) is 32.0 Å². The third kappa shape index (κ3) is 7.24. The summed E-state index contributed by atoms with van der Waals surface area (Å²) >= 11 is 0. The van der Waals surface area contributed by atoms with Crippen molar-refractivity contribution >= 4 is 29.9 Å². The number of aliphatic imine (C=N–C) groups is 1. The van der Waals surface area contributed by atoms with Crippen LogP contribution in [0.25, 0.3) is 5.69 Å². The summed E-state index contributed by atoms with van der Waals surface area (Å²) in [7, 11) is 0. The Balaban J connectivity index is 0.00000320. The number of benzene rings is 1. The number of hydrogen-bond donors (Lipinski definition) is 2. The Morgan fingerprint density at radius 3 is 2.83 bits per heavy atom. The van der Waals surface area contributed by atoms with Crippen molar-refractivity contribution in [1.29, 1.82) is 0 Å². The smallest absolute Gasteiger partial charge is 0.191 e. The summed E-state index contributed by atoms with van der Waals surface area (Å²) in [5.74, 6) is 0.819. The molecule has 0 saturated carbocycles. The zero-order valence-corrected chi connectivity index (χ0v) is 20.5. The quantitative estimate of drug-likeness (QED) is 0.227. The number of ether oxygens (including phenoxy) is 2. The van der Waals surface area contributed by atoms with E-state index in [0.29, 0.717) is 6.54 Å². The van der Waals surface area contributed by atoms with Gasteiger partial charge >= 0.3 is 0 Å². The highest BCUT2D eigenvalue weighted by atomic mass is 127. The third-order valence-electron chi connectivity index (χ3n) is 4.84. The molecule has 1 saturated heterocycles. The molecule has 166 valence electrons. The van der Waals surface area contributed by atoms with Gasteiger partial charge in [0.2, 0.25) is 0 Å². The predicted octanol–water partition coefficient (Wildman–Crippen LogP) is 3.36. The van der Waals surface area contributed by atoms with Crippen molar-refractivity contribution in [2.45, 2.75) is 46.3 Å². The van der Waals surface area contributed by atoms with E-state index in [1.165, 1.54) is 0 Å². The average Bonchev–Trinajstić information content (AvgIpc) is 3.35. The molecule has 0 radical (unpaired) electrons. The highest BCUT2D eigenvalue weighted by Crippen LogP contribution is 2.17. The number of nitrogens with zero attached hydrogens (tertiary/aromatic N) is 3. The molecule has 1 fully saturated rings. The first-order valence-corrected chi connectivity index (χ1v) is 10.5. The molecule has 8 heteroatoms. The van der Waals surface area contributed by atoms with E-state index in [4.69, 9.17) is 14.5 Å². The first kappa shape index (κ1) is 24.6. The van der Waals surface area contributed by atoms with Crippen LogP contribution >= 0.6 is 24.0 Å². The fourth-order valence-electron chi connectivity index (χ4n) is 3.40. The van der Waals surface area contributed by atoms with Crippen molar-refractivity contribution in [3.63, 3.8) is 0 Å². The van der Waals surface area contributed by atoms with Crippen LogP contribution in [0.4, 0.5) is 0 Å². The fourth-order valence-corrected chi connectivity index (χ4v) is 3.40. The van der Waals surface area contributed by atoms with Gasteiger partial charge in [0.25, 0.3) is 0 Å². The van der Waals surface area contributed by atoms with Gasteiger partial charge in [0.1, 0.15) is 0 Å². The number of halogens is 1. The Bertz CT molecular complexity index is 803. The van der Waals surface area contributed by atoms with Crippen molar-refractivity contribution in [3.05, 3.63) is 47.3 Å². The maximum Gasteiger partial charge on any atom is 0.191 e. The fraction of sp³-hybridized carbons (Fsp3) is 0.545. The predicted molar refractivity (Wildman–Crippen MR) is 131 cm³/mol. The summed E-state index contributed by atoms with van der Waals surface area (Å²) < 4.78 is 13.1. The molecule has 2 aromatic rings. The Labute approximate surface area is 196 Å². The minimum absolute atomic E-state index is 0. The first-order valence-electron chi connectivity index (χ1n) is 10.5. The summed E-state index contributed by atoms with van der Waals surface area (Å²) in [5.41, 5.74) is 4.35. The summed E-state index contributed by atoms with van der Waals surface area (Å²) in [5, 5.41) is 11.3. The van der Waals surface area contributed by atoms with E-state index in [9.17, 15) is 0 Å². The van der Waals surface area contributed by atoms with Gasteiger partial charge < -0.3 is 20.1 Å². The second kappa shape index (κ2) is 12.9. The molecule has 1 atom stereocenters. The molecule has 2 heterocycles. The van der Waals surface area contributed by atoms with Crippen molar-refractivity contribution in [2.75, 3.05) is 32.9 Å². The van der Waals surface area contributed by atoms with Gasteiger partial charge in [0.05, 0.1) is 30.6 Å². The molecule has 7 nitrogen and oxygen atoms in total. The molecule has 0 amide bonds. The van der Waals surface area contributed by atoms with Crippen LogP contribution in [0, 0.1) is 13.8 Å². The van der Waals surface area contributed by atoms with E-state index in [1.807, 2.05) is 23.7 Å². The summed E-state index contributed by atoms with van der Waals surface area (Å²) in [4.78, 5) is 4.77. The lowest BCUT2D eigenvalue weighted by Crippen LogP contribution is -2.38. The molecule has 2 N–H and O–H groups in total. The van der Waals surface area contributed by atoms with Gasteiger partial charge in [-0.2, -0.15) is 5.10 Å². The standard InChI is InChI=1S/C22H33N5O2.HI/c1-4-23-22(24-11-7-12-29-20-10-13-28-16-20)25-15-19-8-5-6-9-21(19)27-18(3)14-17(2)26-27;/h5-6,8-9,14,20H,4,7,10-13,15-16H2,1-3H3,(H2,23,24,25);1H. The molecule has 0 bridgehead atoms. The van der Waals surface area contributed by atoms with Crippen LogP contribution in [-0.4, -0.2) is 54.8 Å². The molecule has 1 unspecified atom stereocenters. The molecule has 1 aromatic carbocycles. The maximum atomic E-state index is 5.82. The average molecular weight is 527 g/mol. The minimum Gasteiger partial charge on any atom is -0.379 e. The molecule has 0 spiro atoms.